The molecule has 2 rings (SSSR count). The topological polar surface area (TPSA) is 81.0 Å². The predicted octanol–water partition coefficient (Wildman–Crippen LogP) is 2.08. The van der Waals surface area contributed by atoms with E-state index in [1.165, 1.54) is 0 Å². The molecule has 0 aliphatic carbocycles. The first-order valence-electron chi connectivity index (χ1n) is 4.73. The van der Waals surface area contributed by atoms with Gasteiger partial charge in [-0.3, -0.25) is 0 Å². The molecule has 3 N–H and O–H groups in total. The number of halogens is 1. The standard InChI is InChI=1S/C10H10BrN3O2/c1-2-16-9(15)6-3-5(11)4-7-8(6)14-10(12)13-7/h3-4H,2H2,1H3,(H3,12,13,14). The summed E-state index contributed by atoms with van der Waals surface area (Å²) in [6.45, 7) is 2.08. The third-order valence-corrected chi connectivity index (χ3v) is 2.52. The summed E-state index contributed by atoms with van der Waals surface area (Å²) >= 11 is 3.32. The van der Waals surface area contributed by atoms with Crippen LogP contribution in [0.5, 0.6) is 0 Å². The molecule has 16 heavy (non-hydrogen) atoms. The Bertz CT molecular complexity index is 550. The Balaban J connectivity index is 2.62. The zero-order valence-corrected chi connectivity index (χ0v) is 10.2. The Kier molecular flexibility index (Phi) is 2.82. The van der Waals surface area contributed by atoms with E-state index >= 15 is 0 Å². The quantitative estimate of drug-likeness (QED) is 0.827. The molecule has 0 unspecified atom stereocenters. The van der Waals surface area contributed by atoms with Crippen molar-refractivity contribution in [2.24, 2.45) is 0 Å². The number of aromatic nitrogens is 2. The van der Waals surface area contributed by atoms with Gasteiger partial charge < -0.3 is 15.5 Å². The second kappa shape index (κ2) is 4.13. The van der Waals surface area contributed by atoms with E-state index in [4.69, 9.17) is 10.5 Å². The molecule has 0 radical (unpaired) electrons. The smallest absolute Gasteiger partial charge is 0.340 e. The van der Waals surface area contributed by atoms with Gasteiger partial charge in [0.25, 0.3) is 0 Å². The number of rotatable bonds is 2. The summed E-state index contributed by atoms with van der Waals surface area (Å²) in [6, 6.07) is 3.47. The van der Waals surface area contributed by atoms with Gasteiger partial charge in [0.15, 0.2) is 5.95 Å². The summed E-state index contributed by atoms with van der Waals surface area (Å²) < 4.78 is 5.72. The van der Waals surface area contributed by atoms with Crippen molar-refractivity contribution in [3.8, 4) is 0 Å². The van der Waals surface area contributed by atoms with Crippen LogP contribution in [-0.2, 0) is 4.74 Å². The van der Waals surface area contributed by atoms with Crippen LogP contribution in [0, 0.1) is 0 Å². The number of carbonyl (C=O) groups is 1. The van der Waals surface area contributed by atoms with Gasteiger partial charge in [-0.1, -0.05) is 15.9 Å². The van der Waals surface area contributed by atoms with Gasteiger partial charge in [0.05, 0.1) is 17.7 Å². The van der Waals surface area contributed by atoms with E-state index in [-0.39, 0.29) is 5.95 Å². The lowest BCUT2D eigenvalue weighted by Gasteiger charge is -2.02. The molecule has 5 nitrogen and oxygen atoms in total. The van der Waals surface area contributed by atoms with Crippen LogP contribution in [0.15, 0.2) is 16.6 Å². The van der Waals surface area contributed by atoms with E-state index in [0.29, 0.717) is 23.2 Å². The number of benzene rings is 1. The minimum Gasteiger partial charge on any atom is -0.462 e. The number of aromatic amines is 1. The van der Waals surface area contributed by atoms with Crippen LogP contribution >= 0.6 is 15.9 Å². The van der Waals surface area contributed by atoms with E-state index in [2.05, 4.69) is 25.9 Å². The van der Waals surface area contributed by atoms with Crippen molar-refractivity contribution in [2.75, 3.05) is 12.3 Å². The predicted molar refractivity (Wildman–Crippen MR) is 64.2 cm³/mol. The molecular weight excluding hydrogens is 274 g/mol. The first-order chi connectivity index (χ1) is 7.61. The van der Waals surface area contributed by atoms with Gasteiger partial charge in [-0.15, -0.1) is 0 Å². The third kappa shape index (κ3) is 1.88. The van der Waals surface area contributed by atoms with Gasteiger partial charge in [0, 0.05) is 4.47 Å². The van der Waals surface area contributed by atoms with E-state index in [1.807, 2.05) is 0 Å². The van der Waals surface area contributed by atoms with Gasteiger partial charge in [-0.05, 0) is 19.1 Å². The van der Waals surface area contributed by atoms with Crippen LogP contribution in [0.25, 0.3) is 11.0 Å². The highest BCUT2D eigenvalue weighted by Gasteiger charge is 2.15. The molecule has 0 atom stereocenters. The molecule has 0 aliphatic rings. The lowest BCUT2D eigenvalue weighted by Crippen LogP contribution is -2.05. The summed E-state index contributed by atoms with van der Waals surface area (Å²) in [5.41, 5.74) is 7.18. The number of hydrogen-bond acceptors (Lipinski definition) is 4. The van der Waals surface area contributed by atoms with Gasteiger partial charge in [-0.25, -0.2) is 9.78 Å². The first-order valence-corrected chi connectivity index (χ1v) is 5.53. The zero-order valence-electron chi connectivity index (χ0n) is 8.58. The van der Waals surface area contributed by atoms with Crippen molar-refractivity contribution in [3.05, 3.63) is 22.2 Å². The number of esters is 1. The highest BCUT2D eigenvalue weighted by atomic mass is 79.9. The number of anilines is 1. The number of nitrogens with one attached hydrogen (secondary N) is 1. The molecule has 0 fully saturated rings. The second-order valence-electron chi connectivity index (χ2n) is 3.19. The van der Waals surface area contributed by atoms with E-state index in [1.54, 1.807) is 19.1 Å². The number of nitrogen functional groups attached to an aromatic ring is 1. The highest BCUT2D eigenvalue weighted by Crippen LogP contribution is 2.24. The fraction of sp³-hybridized carbons (Fsp3) is 0.200. The summed E-state index contributed by atoms with van der Waals surface area (Å²) in [5, 5.41) is 0. The molecule has 0 amide bonds. The maximum absolute atomic E-state index is 11.7. The van der Waals surface area contributed by atoms with Crippen LogP contribution in [0.4, 0.5) is 5.95 Å². The molecule has 1 aromatic carbocycles. The average Bonchev–Trinajstić information content (AvgIpc) is 2.57. The van der Waals surface area contributed by atoms with Crippen molar-refractivity contribution < 1.29 is 9.53 Å². The number of ether oxygens (including phenoxy) is 1. The zero-order chi connectivity index (χ0) is 11.7. The molecule has 84 valence electrons. The number of nitrogens with zero attached hydrogens (tertiary/aromatic N) is 1. The summed E-state index contributed by atoms with van der Waals surface area (Å²) in [7, 11) is 0. The lowest BCUT2D eigenvalue weighted by molar-refractivity contribution is 0.0528. The molecule has 1 heterocycles. The minimum absolute atomic E-state index is 0.277. The summed E-state index contributed by atoms with van der Waals surface area (Å²) in [4.78, 5) is 18.6. The maximum Gasteiger partial charge on any atom is 0.340 e. The Labute approximate surface area is 100 Å². The number of carbonyl (C=O) groups excluding carboxylic acids is 1. The number of nitrogens with two attached hydrogens (primary N) is 1. The van der Waals surface area contributed by atoms with Crippen molar-refractivity contribution in [1.82, 2.24) is 9.97 Å². The first kappa shape index (κ1) is 10.9. The molecule has 0 bridgehead atoms. The van der Waals surface area contributed by atoms with Crippen molar-refractivity contribution in [3.63, 3.8) is 0 Å². The van der Waals surface area contributed by atoms with E-state index in [9.17, 15) is 4.79 Å². The van der Waals surface area contributed by atoms with Crippen molar-refractivity contribution >= 4 is 38.9 Å². The molecule has 6 heteroatoms. The third-order valence-electron chi connectivity index (χ3n) is 2.07. The Morgan fingerprint density at radius 1 is 1.62 bits per heavy atom. The fourth-order valence-corrected chi connectivity index (χ4v) is 1.92. The van der Waals surface area contributed by atoms with E-state index < -0.39 is 5.97 Å². The molecule has 2 aromatic rings. The van der Waals surface area contributed by atoms with Gasteiger partial charge in [-0.2, -0.15) is 0 Å². The van der Waals surface area contributed by atoms with E-state index in [0.717, 1.165) is 4.47 Å². The van der Waals surface area contributed by atoms with Gasteiger partial charge in [0.1, 0.15) is 5.52 Å². The molecular formula is C10H10BrN3O2. The van der Waals surface area contributed by atoms with Crippen LogP contribution in [-0.4, -0.2) is 22.5 Å². The van der Waals surface area contributed by atoms with Crippen molar-refractivity contribution in [1.29, 1.82) is 0 Å². The number of H-pyrrole nitrogens is 1. The van der Waals surface area contributed by atoms with Gasteiger partial charge >= 0.3 is 5.97 Å². The minimum atomic E-state index is -0.403. The number of hydrogen-bond donors (Lipinski definition) is 2. The largest absolute Gasteiger partial charge is 0.462 e. The van der Waals surface area contributed by atoms with Crippen LogP contribution in [0.1, 0.15) is 17.3 Å². The average molecular weight is 284 g/mol. The normalized spacial score (nSPS) is 10.6. The van der Waals surface area contributed by atoms with Crippen LogP contribution in [0.3, 0.4) is 0 Å². The summed E-state index contributed by atoms with van der Waals surface area (Å²) in [5.74, 6) is -0.126. The summed E-state index contributed by atoms with van der Waals surface area (Å²) in [6.07, 6.45) is 0. The monoisotopic (exact) mass is 283 g/mol. The number of imidazole rings is 1. The molecule has 0 saturated carbocycles. The second-order valence-corrected chi connectivity index (χ2v) is 4.11. The number of fused-ring (bicyclic) bond motifs is 1. The lowest BCUT2D eigenvalue weighted by atomic mass is 10.2. The Morgan fingerprint density at radius 3 is 3.06 bits per heavy atom. The van der Waals surface area contributed by atoms with Crippen molar-refractivity contribution in [2.45, 2.75) is 6.92 Å². The molecule has 0 saturated heterocycles. The Hall–Kier alpha value is -1.56. The molecule has 1 aromatic heterocycles. The van der Waals surface area contributed by atoms with Crippen LogP contribution < -0.4 is 5.73 Å². The maximum atomic E-state index is 11.7. The molecule has 0 spiro atoms. The van der Waals surface area contributed by atoms with Gasteiger partial charge in [0.2, 0.25) is 0 Å². The highest BCUT2D eigenvalue weighted by molar-refractivity contribution is 9.10. The van der Waals surface area contributed by atoms with Crippen LogP contribution in [0.2, 0.25) is 0 Å². The Morgan fingerprint density at radius 2 is 2.38 bits per heavy atom. The SMILES string of the molecule is CCOC(=O)c1cc(Br)cc2[nH]c(N)nc12. The fourth-order valence-electron chi connectivity index (χ4n) is 1.47. The molecule has 0 aliphatic heterocycles.